The van der Waals surface area contributed by atoms with Crippen molar-refractivity contribution < 1.29 is 0 Å². The van der Waals surface area contributed by atoms with Crippen LogP contribution in [-0.4, -0.2) is 15.0 Å². The third kappa shape index (κ3) is 2.37. The standard InChI is InChI=1S/C12H10ClN3S/c13-8-3-4-9(14-6-8)12-15-10(7-1-2-7)5-11(17)16-12/h3-7H,1-2H2,(H,15,16,17). The van der Waals surface area contributed by atoms with Crippen molar-refractivity contribution in [3.63, 3.8) is 0 Å². The molecule has 1 saturated carbocycles. The van der Waals surface area contributed by atoms with E-state index < -0.39 is 0 Å². The van der Waals surface area contributed by atoms with Crippen molar-refractivity contribution in [1.82, 2.24) is 15.0 Å². The zero-order chi connectivity index (χ0) is 11.8. The minimum atomic E-state index is 0.609. The minimum Gasteiger partial charge on any atom is -0.342 e. The third-order valence-electron chi connectivity index (χ3n) is 2.75. The molecule has 2 aromatic rings. The van der Waals surface area contributed by atoms with E-state index in [2.05, 4.69) is 15.0 Å². The predicted molar refractivity (Wildman–Crippen MR) is 69.6 cm³/mol. The number of halogens is 1. The number of H-pyrrole nitrogens is 1. The lowest BCUT2D eigenvalue weighted by atomic mass is 10.2. The summed E-state index contributed by atoms with van der Waals surface area (Å²) in [5.74, 6) is 1.34. The van der Waals surface area contributed by atoms with E-state index in [4.69, 9.17) is 23.8 Å². The second kappa shape index (κ2) is 4.20. The van der Waals surface area contributed by atoms with E-state index in [-0.39, 0.29) is 0 Å². The molecule has 0 unspecified atom stereocenters. The summed E-state index contributed by atoms with van der Waals surface area (Å²) in [5.41, 5.74) is 1.93. The molecule has 1 fully saturated rings. The highest BCUT2D eigenvalue weighted by Gasteiger charge is 2.24. The van der Waals surface area contributed by atoms with E-state index in [1.165, 1.54) is 12.8 Å². The van der Waals surface area contributed by atoms with Gasteiger partial charge in [0.05, 0.1) is 5.02 Å². The Morgan fingerprint density at radius 3 is 2.82 bits per heavy atom. The lowest BCUT2D eigenvalue weighted by Crippen LogP contribution is -1.96. The first-order valence-corrected chi connectivity index (χ1v) is 6.24. The Balaban J connectivity index is 2.07. The van der Waals surface area contributed by atoms with Crippen molar-refractivity contribution in [3.05, 3.63) is 39.8 Å². The van der Waals surface area contributed by atoms with Gasteiger partial charge in [0.25, 0.3) is 0 Å². The first-order valence-electron chi connectivity index (χ1n) is 5.45. The number of pyridine rings is 1. The fourth-order valence-electron chi connectivity index (χ4n) is 1.73. The molecule has 5 heteroatoms. The van der Waals surface area contributed by atoms with Crippen molar-refractivity contribution in [2.75, 3.05) is 0 Å². The maximum absolute atomic E-state index is 5.81. The molecule has 2 aromatic heterocycles. The highest BCUT2D eigenvalue weighted by Crippen LogP contribution is 2.39. The van der Waals surface area contributed by atoms with Gasteiger partial charge in [0, 0.05) is 11.9 Å². The Kier molecular flexibility index (Phi) is 2.68. The molecule has 1 aliphatic rings. The largest absolute Gasteiger partial charge is 0.342 e. The SMILES string of the molecule is S=c1cc(C2CC2)[nH]c(-c2ccc(Cl)cn2)n1. The van der Waals surface area contributed by atoms with Crippen molar-refractivity contribution >= 4 is 23.8 Å². The van der Waals surface area contributed by atoms with E-state index in [1.807, 2.05) is 12.1 Å². The highest BCUT2D eigenvalue weighted by atomic mass is 35.5. The lowest BCUT2D eigenvalue weighted by molar-refractivity contribution is 0.981. The molecule has 0 radical (unpaired) electrons. The molecule has 2 heterocycles. The Bertz CT molecular complexity index is 602. The van der Waals surface area contributed by atoms with Gasteiger partial charge in [-0.1, -0.05) is 23.8 Å². The average Bonchev–Trinajstić information content (AvgIpc) is 3.13. The molecule has 1 N–H and O–H groups in total. The molecule has 3 rings (SSSR count). The van der Waals surface area contributed by atoms with Crippen molar-refractivity contribution in [3.8, 4) is 11.5 Å². The number of nitrogens with one attached hydrogen (secondary N) is 1. The highest BCUT2D eigenvalue weighted by molar-refractivity contribution is 7.71. The summed E-state index contributed by atoms with van der Waals surface area (Å²) >= 11 is 11.0. The number of nitrogens with zero attached hydrogens (tertiary/aromatic N) is 2. The molecule has 0 aliphatic heterocycles. The van der Waals surface area contributed by atoms with Gasteiger partial charge in [0.15, 0.2) is 5.82 Å². The van der Waals surface area contributed by atoms with Gasteiger partial charge in [-0.3, -0.25) is 4.98 Å². The second-order valence-corrected chi connectivity index (χ2v) is 5.01. The van der Waals surface area contributed by atoms with Gasteiger partial charge in [-0.2, -0.15) is 0 Å². The first-order chi connectivity index (χ1) is 8.22. The van der Waals surface area contributed by atoms with E-state index in [1.54, 1.807) is 12.3 Å². The Morgan fingerprint density at radius 1 is 1.35 bits per heavy atom. The summed E-state index contributed by atoms with van der Waals surface area (Å²) in [4.78, 5) is 11.8. The Morgan fingerprint density at radius 2 is 2.18 bits per heavy atom. The van der Waals surface area contributed by atoms with Gasteiger partial charge < -0.3 is 4.98 Å². The number of aromatic amines is 1. The molecular weight excluding hydrogens is 254 g/mol. The van der Waals surface area contributed by atoms with Crippen LogP contribution < -0.4 is 0 Å². The zero-order valence-electron chi connectivity index (χ0n) is 8.98. The molecule has 0 amide bonds. The average molecular weight is 264 g/mol. The molecule has 0 aromatic carbocycles. The van der Waals surface area contributed by atoms with E-state index in [0.717, 1.165) is 17.2 Å². The molecule has 3 nitrogen and oxygen atoms in total. The van der Waals surface area contributed by atoms with Gasteiger partial charge in [-0.05, 0) is 37.0 Å². The molecule has 1 aliphatic carbocycles. The van der Waals surface area contributed by atoms with Crippen molar-refractivity contribution in [2.24, 2.45) is 0 Å². The molecular formula is C12H10ClN3S. The number of aromatic nitrogens is 3. The lowest BCUT2D eigenvalue weighted by Gasteiger charge is -2.04. The van der Waals surface area contributed by atoms with E-state index in [9.17, 15) is 0 Å². The molecule has 86 valence electrons. The monoisotopic (exact) mass is 263 g/mol. The van der Waals surface area contributed by atoms with Crippen LogP contribution in [0.3, 0.4) is 0 Å². The van der Waals surface area contributed by atoms with Gasteiger partial charge >= 0.3 is 0 Å². The summed E-state index contributed by atoms with van der Waals surface area (Å²) in [6, 6.07) is 5.57. The van der Waals surface area contributed by atoms with E-state index in [0.29, 0.717) is 15.6 Å². The minimum absolute atomic E-state index is 0.609. The van der Waals surface area contributed by atoms with Gasteiger partial charge in [0.1, 0.15) is 10.3 Å². The summed E-state index contributed by atoms with van der Waals surface area (Å²) in [6.07, 6.45) is 4.06. The smallest absolute Gasteiger partial charge is 0.157 e. The van der Waals surface area contributed by atoms with Crippen LogP contribution in [0.1, 0.15) is 24.5 Å². The topological polar surface area (TPSA) is 41.6 Å². The first kappa shape index (κ1) is 10.9. The summed E-state index contributed by atoms with van der Waals surface area (Å²) < 4.78 is 0.609. The maximum Gasteiger partial charge on any atom is 0.157 e. The molecule has 0 bridgehead atoms. The number of hydrogen-bond donors (Lipinski definition) is 1. The summed E-state index contributed by atoms with van der Waals surface area (Å²) in [7, 11) is 0. The van der Waals surface area contributed by atoms with Crippen LogP contribution in [-0.2, 0) is 0 Å². The molecule has 17 heavy (non-hydrogen) atoms. The fourth-order valence-corrected chi connectivity index (χ4v) is 2.06. The molecule has 0 spiro atoms. The quantitative estimate of drug-likeness (QED) is 0.840. The summed E-state index contributed by atoms with van der Waals surface area (Å²) in [6.45, 7) is 0. The van der Waals surface area contributed by atoms with Crippen LogP contribution >= 0.6 is 23.8 Å². The van der Waals surface area contributed by atoms with Crippen LogP contribution in [0.4, 0.5) is 0 Å². The van der Waals surface area contributed by atoms with Crippen LogP contribution in [0.15, 0.2) is 24.4 Å². The number of hydrogen-bond acceptors (Lipinski definition) is 3. The summed E-state index contributed by atoms with van der Waals surface area (Å²) in [5, 5.41) is 0.616. The Labute approximate surface area is 109 Å². The van der Waals surface area contributed by atoms with Crippen molar-refractivity contribution in [1.29, 1.82) is 0 Å². The molecule has 0 saturated heterocycles. The molecule has 0 atom stereocenters. The normalized spacial score (nSPS) is 14.9. The fraction of sp³-hybridized carbons (Fsp3) is 0.250. The van der Waals surface area contributed by atoms with Gasteiger partial charge in [-0.25, -0.2) is 4.98 Å². The van der Waals surface area contributed by atoms with Gasteiger partial charge in [-0.15, -0.1) is 0 Å². The maximum atomic E-state index is 5.81. The van der Waals surface area contributed by atoms with E-state index >= 15 is 0 Å². The Hall–Kier alpha value is -1.26. The van der Waals surface area contributed by atoms with Crippen molar-refractivity contribution in [2.45, 2.75) is 18.8 Å². The van der Waals surface area contributed by atoms with Gasteiger partial charge in [0.2, 0.25) is 0 Å². The van der Waals surface area contributed by atoms with Crippen LogP contribution in [0, 0.1) is 4.64 Å². The predicted octanol–water partition coefficient (Wildman–Crippen LogP) is 3.73. The van der Waals surface area contributed by atoms with Crippen LogP contribution in [0.2, 0.25) is 5.02 Å². The van der Waals surface area contributed by atoms with Crippen LogP contribution in [0.25, 0.3) is 11.5 Å². The van der Waals surface area contributed by atoms with Crippen LogP contribution in [0.5, 0.6) is 0 Å². The second-order valence-electron chi connectivity index (χ2n) is 4.16. The zero-order valence-corrected chi connectivity index (χ0v) is 10.6. The number of rotatable bonds is 2. The third-order valence-corrected chi connectivity index (χ3v) is 3.18.